The van der Waals surface area contributed by atoms with E-state index in [4.69, 9.17) is 0 Å². The summed E-state index contributed by atoms with van der Waals surface area (Å²) in [6.07, 6.45) is 5.62. The fourth-order valence-corrected chi connectivity index (χ4v) is 2.62. The van der Waals surface area contributed by atoms with Crippen molar-refractivity contribution in [2.75, 3.05) is 0 Å². The van der Waals surface area contributed by atoms with E-state index in [9.17, 15) is 5.11 Å². The lowest BCUT2D eigenvalue weighted by atomic mass is 10.0. The van der Waals surface area contributed by atoms with E-state index in [0.717, 1.165) is 12.8 Å². The van der Waals surface area contributed by atoms with E-state index in [0.29, 0.717) is 5.92 Å². The van der Waals surface area contributed by atoms with Crippen LogP contribution in [0.3, 0.4) is 0 Å². The molecule has 0 aliphatic heterocycles. The van der Waals surface area contributed by atoms with Gasteiger partial charge < -0.3 is 5.11 Å². The van der Waals surface area contributed by atoms with Gasteiger partial charge in [-0.15, -0.1) is 0 Å². The van der Waals surface area contributed by atoms with Crippen molar-refractivity contribution in [2.45, 2.75) is 65.4 Å². The van der Waals surface area contributed by atoms with Crippen molar-refractivity contribution in [3.63, 3.8) is 0 Å². The second-order valence-corrected chi connectivity index (χ2v) is 11.5. The first kappa shape index (κ1) is 14.9. The van der Waals surface area contributed by atoms with Crippen LogP contribution < -0.4 is 0 Å². The first-order valence-electron chi connectivity index (χ1n) is 6.05. The number of aliphatic hydroxyl groups is 1. The second-order valence-electron chi connectivity index (χ2n) is 6.08. The SMILES string of the molecule is CC(C)=CCCC(C)CC(O)[Si](C)(C)C. The van der Waals surface area contributed by atoms with Crippen molar-refractivity contribution < 1.29 is 5.11 Å². The van der Waals surface area contributed by atoms with Gasteiger partial charge in [0, 0.05) is 5.73 Å². The van der Waals surface area contributed by atoms with E-state index in [1.165, 1.54) is 12.0 Å². The lowest BCUT2D eigenvalue weighted by molar-refractivity contribution is 0.207. The molecule has 0 spiro atoms. The molecule has 1 N–H and O–H groups in total. The fourth-order valence-electron chi connectivity index (χ4n) is 1.51. The highest BCUT2D eigenvalue weighted by Gasteiger charge is 2.25. The first-order valence-corrected chi connectivity index (χ1v) is 9.62. The molecule has 90 valence electrons. The molecule has 0 aromatic heterocycles. The van der Waals surface area contributed by atoms with Crippen molar-refractivity contribution in [1.29, 1.82) is 0 Å². The summed E-state index contributed by atoms with van der Waals surface area (Å²) in [5.41, 5.74) is 1.35. The van der Waals surface area contributed by atoms with Gasteiger partial charge in [0.2, 0.25) is 0 Å². The molecule has 2 unspecified atom stereocenters. The summed E-state index contributed by atoms with van der Waals surface area (Å²) < 4.78 is 0. The first-order chi connectivity index (χ1) is 6.73. The zero-order valence-electron chi connectivity index (χ0n) is 11.3. The topological polar surface area (TPSA) is 20.2 Å². The van der Waals surface area contributed by atoms with Crippen LogP contribution in [0.5, 0.6) is 0 Å². The molecule has 0 rings (SSSR count). The van der Waals surface area contributed by atoms with E-state index >= 15 is 0 Å². The highest BCUT2D eigenvalue weighted by atomic mass is 28.3. The Labute approximate surface area is 96.6 Å². The van der Waals surface area contributed by atoms with Gasteiger partial charge in [0.05, 0.1) is 8.07 Å². The van der Waals surface area contributed by atoms with Crippen LogP contribution in [0, 0.1) is 5.92 Å². The van der Waals surface area contributed by atoms with Crippen molar-refractivity contribution in [3.8, 4) is 0 Å². The molecule has 0 saturated heterocycles. The van der Waals surface area contributed by atoms with E-state index in [1.807, 2.05) is 0 Å². The van der Waals surface area contributed by atoms with Crippen LogP contribution in [-0.2, 0) is 0 Å². The number of hydrogen-bond donors (Lipinski definition) is 1. The molecule has 0 radical (unpaired) electrons. The molecule has 0 heterocycles. The zero-order chi connectivity index (χ0) is 12.1. The third-order valence-corrected chi connectivity index (χ3v) is 5.07. The molecule has 1 nitrogen and oxygen atoms in total. The molecule has 15 heavy (non-hydrogen) atoms. The van der Waals surface area contributed by atoms with Crippen LogP contribution >= 0.6 is 0 Å². The largest absolute Gasteiger partial charge is 0.397 e. The molecule has 0 fully saturated rings. The fraction of sp³-hybridized carbons (Fsp3) is 0.846. The van der Waals surface area contributed by atoms with Crippen molar-refractivity contribution in [1.82, 2.24) is 0 Å². The van der Waals surface area contributed by atoms with E-state index in [-0.39, 0.29) is 5.73 Å². The molecule has 0 bridgehead atoms. The predicted molar refractivity (Wildman–Crippen MR) is 71.8 cm³/mol. The van der Waals surface area contributed by atoms with Crippen LogP contribution in [0.25, 0.3) is 0 Å². The van der Waals surface area contributed by atoms with Crippen molar-refractivity contribution in [2.24, 2.45) is 5.92 Å². The maximum Gasteiger partial charge on any atom is 0.0781 e. The summed E-state index contributed by atoms with van der Waals surface area (Å²) in [6, 6.07) is 0. The third-order valence-electron chi connectivity index (χ3n) is 2.84. The molecule has 2 atom stereocenters. The quantitative estimate of drug-likeness (QED) is 0.538. The van der Waals surface area contributed by atoms with Gasteiger partial charge in [0.1, 0.15) is 0 Å². The maximum atomic E-state index is 10.0. The van der Waals surface area contributed by atoms with Gasteiger partial charge >= 0.3 is 0 Å². The minimum Gasteiger partial charge on any atom is -0.397 e. The van der Waals surface area contributed by atoms with Crippen molar-refractivity contribution >= 4 is 8.07 Å². The number of rotatable bonds is 6. The second kappa shape index (κ2) is 6.49. The molecule has 0 aromatic rings. The van der Waals surface area contributed by atoms with Gasteiger partial charge in [0.25, 0.3) is 0 Å². The van der Waals surface area contributed by atoms with Crippen LogP contribution in [-0.4, -0.2) is 18.9 Å². The lowest BCUT2D eigenvalue weighted by Gasteiger charge is -2.26. The van der Waals surface area contributed by atoms with Crippen LogP contribution in [0.1, 0.15) is 40.0 Å². The Morgan fingerprint density at radius 1 is 1.27 bits per heavy atom. The standard InChI is InChI=1S/C13H28OSi/c1-11(2)8-7-9-12(3)10-13(14)15(4,5)6/h8,12-14H,7,9-10H2,1-6H3. The minimum absolute atomic E-state index is 0.0424. The Hall–Kier alpha value is -0.0831. The molecule has 0 saturated carbocycles. The van der Waals surface area contributed by atoms with Crippen LogP contribution in [0.2, 0.25) is 19.6 Å². The molecule has 0 aliphatic rings. The van der Waals surface area contributed by atoms with Gasteiger partial charge in [-0.25, -0.2) is 0 Å². The molecular formula is C13H28OSi. The number of allylic oxidation sites excluding steroid dienone is 2. The summed E-state index contributed by atoms with van der Waals surface area (Å²) in [5.74, 6) is 0.641. The summed E-state index contributed by atoms with van der Waals surface area (Å²) in [7, 11) is -1.34. The Kier molecular flexibility index (Phi) is 6.45. The average molecular weight is 228 g/mol. The summed E-state index contributed by atoms with van der Waals surface area (Å²) in [6.45, 7) is 13.2. The third kappa shape index (κ3) is 7.80. The highest BCUT2D eigenvalue weighted by molar-refractivity contribution is 6.77. The zero-order valence-corrected chi connectivity index (χ0v) is 12.3. The average Bonchev–Trinajstić information content (AvgIpc) is 2.01. The lowest BCUT2D eigenvalue weighted by Crippen LogP contribution is -2.39. The molecule has 0 amide bonds. The van der Waals surface area contributed by atoms with Gasteiger partial charge in [-0.1, -0.05) is 38.2 Å². The highest BCUT2D eigenvalue weighted by Crippen LogP contribution is 2.19. The Balaban J connectivity index is 3.84. The van der Waals surface area contributed by atoms with Gasteiger partial charge in [0.15, 0.2) is 0 Å². The predicted octanol–water partition coefficient (Wildman–Crippen LogP) is 4.00. The summed E-state index contributed by atoms with van der Waals surface area (Å²) >= 11 is 0. The Morgan fingerprint density at radius 3 is 2.20 bits per heavy atom. The minimum atomic E-state index is -1.34. The van der Waals surface area contributed by atoms with E-state index in [2.05, 4.69) is 46.5 Å². The maximum absolute atomic E-state index is 10.0. The number of hydrogen-bond acceptors (Lipinski definition) is 1. The summed E-state index contributed by atoms with van der Waals surface area (Å²) in [4.78, 5) is 0. The van der Waals surface area contributed by atoms with Crippen molar-refractivity contribution in [3.05, 3.63) is 11.6 Å². The Morgan fingerprint density at radius 2 is 1.80 bits per heavy atom. The molecule has 0 aromatic carbocycles. The van der Waals surface area contributed by atoms with E-state index in [1.54, 1.807) is 0 Å². The van der Waals surface area contributed by atoms with Crippen LogP contribution in [0.4, 0.5) is 0 Å². The van der Waals surface area contributed by atoms with Gasteiger partial charge in [-0.3, -0.25) is 0 Å². The van der Waals surface area contributed by atoms with Gasteiger partial charge in [-0.2, -0.15) is 0 Å². The normalized spacial score (nSPS) is 15.9. The van der Waals surface area contributed by atoms with Crippen LogP contribution in [0.15, 0.2) is 11.6 Å². The van der Waals surface area contributed by atoms with Gasteiger partial charge in [-0.05, 0) is 39.0 Å². The molecule has 2 heteroatoms. The smallest absolute Gasteiger partial charge is 0.0781 e. The number of aliphatic hydroxyl groups excluding tert-OH is 1. The Bertz CT molecular complexity index is 199. The monoisotopic (exact) mass is 228 g/mol. The molecular weight excluding hydrogens is 200 g/mol. The molecule has 0 aliphatic carbocycles. The van der Waals surface area contributed by atoms with E-state index < -0.39 is 8.07 Å². The summed E-state index contributed by atoms with van der Waals surface area (Å²) in [5, 5.41) is 10.0.